The smallest absolute Gasteiger partial charge is 0.219 e. The fourth-order valence-corrected chi connectivity index (χ4v) is 1.66. The molecule has 0 aromatic carbocycles. The first-order valence-corrected chi connectivity index (χ1v) is 5.58. The van der Waals surface area contributed by atoms with E-state index < -0.39 is 0 Å². The lowest BCUT2D eigenvalue weighted by Crippen LogP contribution is -2.47. The highest BCUT2D eigenvalue weighted by molar-refractivity contribution is 5.72. The maximum absolute atomic E-state index is 11.1. The number of rotatable bonds is 3. The Kier molecular flexibility index (Phi) is 5.30. The van der Waals surface area contributed by atoms with Gasteiger partial charge in [-0.1, -0.05) is 5.92 Å². The molecular formula is C12H20N2O2. The van der Waals surface area contributed by atoms with Crippen molar-refractivity contribution in [3.05, 3.63) is 0 Å². The summed E-state index contributed by atoms with van der Waals surface area (Å²) in [4.78, 5) is 15.1. The fourth-order valence-electron chi connectivity index (χ4n) is 1.66. The molecule has 90 valence electrons. The largest absolute Gasteiger partial charge is 0.374 e. The van der Waals surface area contributed by atoms with Crippen LogP contribution in [0.2, 0.25) is 0 Å². The summed E-state index contributed by atoms with van der Waals surface area (Å²) in [6.45, 7) is 7.37. The highest BCUT2D eigenvalue weighted by Crippen LogP contribution is 2.06. The topological polar surface area (TPSA) is 32.8 Å². The maximum atomic E-state index is 11.1. The van der Waals surface area contributed by atoms with Crippen LogP contribution in [0.1, 0.15) is 13.8 Å². The molecule has 0 radical (unpaired) electrons. The Morgan fingerprint density at radius 1 is 1.62 bits per heavy atom. The van der Waals surface area contributed by atoms with Crippen molar-refractivity contribution >= 4 is 5.91 Å². The van der Waals surface area contributed by atoms with E-state index in [0.29, 0.717) is 6.54 Å². The lowest BCUT2D eigenvalue weighted by molar-refractivity contribution is -0.130. The van der Waals surface area contributed by atoms with Crippen LogP contribution in [0.5, 0.6) is 0 Å². The zero-order chi connectivity index (χ0) is 12.0. The van der Waals surface area contributed by atoms with E-state index in [9.17, 15) is 4.79 Å². The van der Waals surface area contributed by atoms with Crippen LogP contribution in [0.4, 0.5) is 0 Å². The predicted molar refractivity (Wildman–Crippen MR) is 62.9 cm³/mol. The van der Waals surface area contributed by atoms with Crippen LogP contribution in [-0.4, -0.2) is 61.6 Å². The predicted octanol–water partition coefficient (Wildman–Crippen LogP) is 0.189. The summed E-state index contributed by atoms with van der Waals surface area (Å²) in [6, 6.07) is 0. The Hall–Kier alpha value is -1.05. The molecule has 4 heteroatoms. The second kappa shape index (κ2) is 6.51. The molecule has 0 spiro atoms. The second-order valence-electron chi connectivity index (χ2n) is 4.05. The zero-order valence-corrected chi connectivity index (χ0v) is 10.3. The molecule has 1 fully saturated rings. The van der Waals surface area contributed by atoms with E-state index in [1.807, 2.05) is 6.92 Å². The van der Waals surface area contributed by atoms with Crippen LogP contribution in [0.25, 0.3) is 0 Å². The number of amides is 1. The third-order valence-electron chi connectivity index (χ3n) is 2.72. The lowest BCUT2D eigenvalue weighted by Gasteiger charge is -2.33. The molecule has 4 nitrogen and oxygen atoms in total. The second-order valence-corrected chi connectivity index (χ2v) is 4.05. The van der Waals surface area contributed by atoms with Crippen molar-refractivity contribution in [2.24, 2.45) is 0 Å². The number of carbonyl (C=O) groups excluding carboxylic acids is 1. The summed E-state index contributed by atoms with van der Waals surface area (Å²) in [5.74, 6) is 6.02. The van der Waals surface area contributed by atoms with Gasteiger partial charge in [0.2, 0.25) is 5.91 Å². The molecule has 1 rings (SSSR count). The summed E-state index contributed by atoms with van der Waals surface area (Å²) >= 11 is 0. The first-order chi connectivity index (χ1) is 7.63. The van der Waals surface area contributed by atoms with Crippen LogP contribution in [0.3, 0.4) is 0 Å². The molecule has 0 aromatic heterocycles. The Morgan fingerprint density at radius 3 is 3.00 bits per heavy atom. The molecule has 0 aliphatic carbocycles. The van der Waals surface area contributed by atoms with Gasteiger partial charge in [0.1, 0.15) is 0 Å². The van der Waals surface area contributed by atoms with Crippen molar-refractivity contribution in [3.8, 4) is 11.8 Å². The third kappa shape index (κ3) is 4.21. The highest BCUT2D eigenvalue weighted by atomic mass is 16.5. The summed E-state index contributed by atoms with van der Waals surface area (Å²) in [5.41, 5.74) is 0. The van der Waals surface area contributed by atoms with Gasteiger partial charge >= 0.3 is 0 Å². The molecule has 1 aliphatic heterocycles. The van der Waals surface area contributed by atoms with E-state index >= 15 is 0 Å². The number of morpholine rings is 1. The average molecular weight is 224 g/mol. The Balaban J connectivity index is 2.37. The van der Waals surface area contributed by atoms with Crippen molar-refractivity contribution in [1.82, 2.24) is 9.80 Å². The summed E-state index contributed by atoms with van der Waals surface area (Å²) in [6.07, 6.45) is 0.112. The first-order valence-electron chi connectivity index (χ1n) is 5.58. The number of likely N-dealkylation sites (N-methyl/N-ethyl adjacent to an activating group) is 1. The van der Waals surface area contributed by atoms with E-state index in [-0.39, 0.29) is 12.0 Å². The molecule has 0 aromatic rings. The van der Waals surface area contributed by atoms with Crippen LogP contribution in [0, 0.1) is 11.8 Å². The molecule has 1 aliphatic rings. The Labute approximate surface area is 97.5 Å². The zero-order valence-electron chi connectivity index (χ0n) is 10.3. The van der Waals surface area contributed by atoms with E-state index in [1.54, 1.807) is 18.9 Å². The standard InChI is InChI=1S/C12H20N2O2/c1-4-5-6-14-7-8-16-12(10-14)9-13(3)11(2)15/h12H,6-10H2,1-3H3/t12-/m1/s1. The lowest BCUT2D eigenvalue weighted by atomic mass is 10.2. The van der Waals surface area contributed by atoms with E-state index in [1.165, 1.54) is 0 Å². The minimum absolute atomic E-state index is 0.0778. The quantitative estimate of drug-likeness (QED) is 0.642. The van der Waals surface area contributed by atoms with Gasteiger partial charge in [-0.3, -0.25) is 9.69 Å². The van der Waals surface area contributed by atoms with Crippen molar-refractivity contribution < 1.29 is 9.53 Å². The maximum Gasteiger partial charge on any atom is 0.219 e. The van der Waals surface area contributed by atoms with Gasteiger partial charge in [0.05, 0.1) is 19.3 Å². The van der Waals surface area contributed by atoms with Gasteiger partial charge < -0.3 is 9.64 Å². The Bertz CT molecular complexity index is 293. The highest BCUT2D eigenvalue weighted by Gasteiger charge is 2.21. The fraction of sp³-hybridized carbons (Fsp3) is 0.750. The van der Waals surface area contributed by atoms with Gasteiger partial charge in [-0.05, 0) is 6.92 Å². The number of ether oxygens (including phenoxy) is 1. The molecule has 1 amide bonds. The summed E-state index contributed by atoms with van der Waals surface area (Å²) in [5, 5.41) is 0. The minimum atomic E-state index is 0.0778. The van der Waals surface area contributed by atoms with Gasteiger partial charge in [0.15, 0.2) is 0 Å². The van der Waals surface area contributed by atoms with E-state index in [4.69, 9.17) is 4.74 Å². The van der Waals surface area contributed by atoms with Crippen LogP contribution >= 0.6 is 0 Å². The first kappa shape index (κ1) is 13.0. The van der Waals surface area contributed by atoms with Crippen LogP contribution < -0.4 is 0 Å². The van der Waals surface area contributed by atoms with Gasteiger partial charge in [0.25, 0.3) is 0 Å². The molecule has 0 N–H and O–H groups in total. The molecule has 1 heterocycles. The number of carbonyl (C=O) groups is 1. The SMILES string of the molecule is CC#CCN1CCO[C@H](CN(C)C(C)=O)C1. The average Bonchev–Trinajstić information content (AvgIpc) is 2.26. The monoisotopic (exact) mass is 224 g/mol. The van der Waals surface area contributed by atoms with Crippen molar-refractivity contribution in [2.45, 2.75) is 20.0 Å². The van der Waals surface area contributed by atoms with Gasteiger partial charge in [-0.25, -0.2) is 0 Å². The summed E-state index contributed by atoms with van der Waals surface area (Å²) < 4.78 is 5.63. The van der Waals surface area contributed by atoms with Crippen molar-refractivity contribution in [1.29, 1.82) is 0 Å². The van der Waals surface area contributed by atoms with Crippen molar-refractivity contribution in [2.75, 3.05) is 39.8 Å². The van der Waals surface area contributed by atoms with E-state index in [2.05, 4.69) is 16.7 Å². The van der Waals surface area contributed by atoms with Crippen LogP contribution in [-0.2, 0) is 9.53 Å². The van der Waals surface area contributed by atoms with Gasteiger partial charge in [-0.2, -0.15) is 0 Å². The number of hydrogen-bond acceptors (Lipinski definition) is 3. The molecule has 1 saturated heterocycles. The number of hydrogen-bond donors (Lipinski definition) is 0. The summed E-state index contributed by atoms with van der Waals surface area (Å²) in [7, 11) is 1.80. The molecule has 0 unspecified atom stereocenters. The molecule has 0 saturated carbocycles. The van der Waals surface area contributed by atoms with Crippen LogP contribution in [0.15, 0.2) is 0 Å². The minimum Gasteiger partial charge on any atom is -0.374 e. The van der Waals surface area contributed by atoms with Gasteiger partial charge in [-0.15, -0.1) is 5.92 Å². The Morgan fingerprint density at radius 2 is 2.38 bits per heavy atom. The molecule has 1 atom stereocenters. The number of nitrogens with zero attached hydrogens (tertiary/aromatic N) is 2. The molecular weight excluding hydrogens is 204 g/mol. The molecule has 0 bridgehead atoms. The van der Waals surface area contributed by atoms with Crippen molar-refractivity contribution in [3.63, 3.8) is 0 Å². The third-order valence-corrected chi connectivity index (χ3v) is 2.72. The molecule has 16 heavy (non-hydrogen) atoms. The van der Waals surface area contributed by atoms with Gasteiger partial charge in [0, 0.05) is 33.6 Å². The normalized spacial score (nSPS) is 21.1. The van der Waals surface area contributed by atoms with E-state index in [0.717, 1.165) is 26.2 Å².